The van der Waals surface area contributed by atoms with Crippen LogP contribution in [0.1, 0.15) is 49.9 Å². The van der Waals surface area contributed by atoms with Gasteiger partial charge in [0.15, 0.2) is 0 Å². The number of nitrogens with zero attached hydrogens (tertiary/aromatic N) is 2. The van der Waals surface area contributed by atoms with Crippen molar-refractivity contribution in [2.24, 2.45) is 0 Å². The summed E-state index contributed by atoms with van der Waals surface area (Å²) in [7, 11) is 0. The van der Waals surface area contributed by atoms with Gasteiger partial charge < -0.3 is 9.84 Å². The lowest BCUT2D eigenvalue weighted by Crippen LogP contribution is -2.23. The van der Waals surface area contributed by atoms with E-state index in [0.717, 1.165) is 5.56 Å². The highest BCUT2D eigenvalue weighted by Gasteiger charge is 2.15. The van der Waals surface area contributed by atoms with Crippen LogP contribution in [0.5, 0.6) is 0 Å². The van der Waals surface area contributed by atoms with Crippen molar-refractivity contribution in [1.29, 1.82) is 0 Å². The van der Waals surface area contributed by atoms with Crippen molar-refractivity contribution in [2.75, 3.05) is 6.61 Å². The van der Waals surface area contributed by atoms with Crippen LogP contribution in [0.2, 0.25) is 10.0 Å². The monoisotopic (exact) mass is 690 g/mol. The number of ether oxygens (including phenoxy) is 1. The summed E-state index contributed by atoms with van der Waals surface area (Å²) in [6.45, 7) is 1.86. The van der Waals surface area contributed by atoms with Crippen LogP contribution in [0, 0.1) is 11.6 Å². The smallest absolute Gasteiger partial charge is 0.343 e. The number of hydrogen-bond donors (Lipinski definition) is 1. The molecule has 8 nitrogen and oxygen atoms in total. The topological polar surface area (TPSA) is 107 Å². The number of halogens is 4. The second-order valence-corrected chi connectivity index (χ2v) is 11.4. The predicted molar refractivity (Wildman–Crippen MR) is 179 cm³/mol. The number of carboxylic acids is 1. The lowest BCUT2D eigenvalue weighted by molar-refractivity contribution is 0.0523. The third-order valence-corrected chi connectivity index (χ3v) is 7.98. The van der Waals surface area contributed by atoms with Crippen molar-refractivity contribution >= 4 is 46.2 Å². The van der Waals surface area contributed by atoms with E-state index in [0.29, 0.717) is 27.7 Å². The Hall–Kier alpha value is -5.32. The van der Waals surface area contributed by atoms with Gasteiger partial charge in [0.1, 0.15) is 22.8 Å². The Bertz CT molecular complexity index is 2320. The Labute approximate surface area is 282 Å². The number of rotatable bonds is 7. The first kappa shape index (κ1) is 34.0. The van der Waals surface area contributed by atoms with E-state index in [1.807, 2.05) is 0 Å². The molecule has 4 aromatic heterocycles. The molecule has 0 radical (unpaired) electrons. The minimum atomic E-state index is -1.28. The van der Waals surface area contributed by atoms with Crippen molar-refractivity contribution in [3.05, 3.63) is 173 Å². The summed E-state index contributed by atoms with van der Waals surface area (Å²) in [4.78, 5) is 47.6. The third kappa shape index (κ3) is 7.30. The van der Waals surface area contributed by atoms with Crippen molar-refractivity contribution in [1.82, 2.24) is 8.80 Å². The van der Waals surface area contributed by atoms with Gasteiger partial charge in [0.2, 0.25) is 0 Å². The fourth-order valence-corrected chi connectivity index (χ4v) is 5.41. The van der Waals surface area contributed by atoms with E-state index < -0.39 is 34.7 Å². The first-order valence-corrected chi connectivity index (χ1v) is 15.3. The van der Waals surface area contributed by atoms with E-state index in [-0.39, 0.29) is 40.6 Å². The van der Waals surface area contributed by atoms with E-state index in [2.05, 4.69) is 0 Å². The van der Waals surface area contributed by atoms with Crippen LogP contribution < -0.4 is 11.1 Å². The summed E-state index contributed by atoms with van der Waals surface area (Å²) in [5.74, 6) is -2.92. The van der Waals surface area contributed by atoms with Gasteiger partial charge in [-0.15, -0.1) is 0 Å². The molecule has 0 saturated carbocycles. The van der Waals surface area contributed by atoms with Crippen LogP contribution in [-0.4, -0.2) is 32.5 Å². The fraction of sp³-hybridized carbons (Fsp3) is 0.111. The number of benzene rings is 2. The third-order valence-electron chi connectivity index (χ3n) is 7.40. The van der Waals surface area contributed by atoms with Gasteiger partial charge in [-0.1, -0.05) is 59.6 Å². The summed E-state index contributed by atoms with van der Waals surface area (Å²) >= 11 is 11.6. The van der Waals surface area contributed by atoms with Gasteiger partial charge in [-0.05, 0) is 77.7 Å². The number of esters is 1. The molecule has 12 heteroatoms. The molecular formula is C36H26Cl2F2N2O6. The fourth-order valence-electron chi connectivity index (χ4n) is 5.02. The van der Waals surface area contributed by atoms with Crippen LogP contribution in [0.4, 0.5) is 8.78 Å². The Morgan fingerprint density at radius 3 is 1.58 bits per heavy atom. The maximum absolute atomic E-state index is 14.1. The number of carbonyl (C=O) groups excluding carboxylic acids is 1. The average Bonchev–Trinajstić information content (AvgIpc) is 3.06. The highest BCUT2D eigenvalue weighted by atomic mass is 35.5. The van der Waals surface area contributed by atoms with Gasteiger partial charge >= 0.3 is 11.9 Å². The first-order valence-electron chi connectivity index (χ1n) is 14.5. The predicted octanol–water partition coefficient (Wildman–Crippen LogP) is 7.24. The molecule has 0 amide bonds. The summed E-state index contributed by atoms with van der Waals surface area (Å²) < 4.78 is 35.6. The van der Waals surface area contributed by atoms with Gasteiger partial charge in [0.05, 0.1) is 16.7 Å². The summed E-state index contributed by atoms with van der Waals surface area (Å²) in [6.07, 6.45) is 3.63. The summed E-state index contributed by atoms with van der Waals surface area (Å²) in [6, 6.07) is 22.5. The van der Waals surface area contributed by atoms with Crippen LogP contribution in [0.3, 0.4) is 0 Å². The number of carboxylic acid groups (broad SMARTS) is 1. The Morgan fingerprint density at radius 2 is 1.12 bits per heavy atom. The molecule has 0 aliphatic rings. The Morgan fingerprint density at radius 1 is 0.688 bits per heavy atom. The van der Waals surface area contributed by atoms with E-state index in [1.54, 1.807) is 73.8 Å². The molecule has 0 bridgehead atoms. The lowest BCUT2D eigenvalue weighted by Gasteiger charge is -2.08. The maximum Gasteiger partial charge on any atom is 0.343 e. The van der Waals surface area contributed by atoms with Crippen LogP contribution >= 0.6 is 23.2 Å². The molecule has 2 aromatic carbocycles. The van der Waals surface area contributed by atoms with Gasteiger partial charge in [0, 0.05) is 36.3 Å². The zero-order valence-corrected chi connectivity index (χ0v) is 26.8. The number of aromatic carboxylic acids is 1. The molecule has 0 aliphatic heterocycles. The van der Waals surface area contributed by atoms with E-state index >= 15 is 0 Å². The van der Waals surface area contributed by atoms with Crippen LogP contribution in [0.15, 0.2) is 107 Å². The zero-order chi connectivity index (χ0) is 34.5. The summed E-state index contributed by atoms with van der Waals surface area (Å²) in [5.41, 5.74) is 1.98. The second kappa shape index (κ2) is 14.6. The van der Waals surface area contributed by atoms with Gasteiger partial charge in [-0.25, -0.2) is 18.4 Å². The lowest BCUT2D eigenvalue weighted by atomic mass is 10.1. The largest absolute Gasteiger partial charge is 0.477 e. The van der Waals surface area contributed by atoms with Gasteiger partial charge in [-0.2, -0.15) is 0 Å². The molecule has 0 atom stereocenters. The molecule has 0 fully saturated rings. The molecule has 0 aliphatic carbocycles. The van der Waals surface area contributed by atoms with Crippen LogP contribution in [0.25, 0.3) is 11.0 Å². The van der Waals surface area contributed by atoms with Crippen molar-refractivity contribution in [2.45, 2.75) is 19.8 Å². The second-order valence-electron chi connectivity index (χ2n) is 10.6. The van der Waals surface area contributed by atoms with E-state index in [4.69, 9.17) is 33.0 Å². The normalized spacial score (nSPS) is 10.9. The number of pyridine rings is 4. The number of aromatic nitrogens is 2. The Kier molecular flexibility index (Phi) is 10.4. The van der Waals surface area contributed by atoms with E-state index in [9.17, 15) is 28.0 Å². The molecule has 244 valence electrons. The zero-order valence-electron chi connectivity index (χ0n) is 25.3. The maximum atomic E-state index is 14.1. The first-order chi connectivity index (χ1) is 23.0. The minimum absolute atomic E-state index is 0.0358. The highest BCUT2D eigenvalue weighted by Crippen LogP contribution is 2.22. The average molecular weight is 692 g/mol. The van der Waals surface area contributed by atoms with Crippen molar-refractivity contribution in [3.63, 3.8) is 0 Å². The molecule has 6 rings (SSSR count). The molecule has 6 aromatic rings. The quantitative estimate of drug-likeness (QED) is 0.177. The number of carbonyl (C=O) groups is 2. The van der Waals surface area contributed by atoms with Gasteiger partial charge in [-0.3, -0.25) is 18.4 Å². The summed E-state index contributed by atoms with van der Waals surface area (Å²) in [5, 5.41) is 9.11. The minimum Gasteiger partial charge on any atom is -0.477 e. The molecule has 0 unspecified atom stereocenters. The molecule has 1 N–H and O–H groups in total. The van der Waals surface area contributed by atoms with Gasteiger partial charge in [0.25, 0.3) is 11.1 Å². The molecule has 0 saturated heterocycles. The highest BCUT2D eigenvalue weighted by molar-refractivity contribution is 6.31. The molecule has 4 heterocycles. The van der Waals surface area contributed by atoms with Crippen molar-refractivity contribution in [3.8, 4) is 0 Å². The van der Waals surface area contributed by atoms with Crippen LogP contribution in [-0.2, 0) is 17.6 Å². The number of fused-ring (bicyclic) bond motifs is 2. The standard InChI is InChI=1S/C19H15ClFNO3.C17H11ClFNO3/c1-2-25-19(24)15-9-8-14-7-6-12(11-22(14)18(15)23)10-13-4-3-5-16(20)17(13)21;18-14-3-1-2-11(15(14)19)8-10-4-5-12-6-7-13(17(22)23)16(21)20(12)9-10/h3-9,11H,2,10H2,1H3;1-7,9H,8H2,(H,22,23). The van der Waals surface area contributed by atoms with E-state index in [1.165, 1.54) is 39.3 Å². The molecule has 0 spiro atoms. The molecular weight excluding hydrogens is 665 g/mol. The SMILES string of the molecule is CCOC(=O)c1ccc2ccc(Cc3cccc(Cl)c3F)cn2c1=O.O=C(O)c1ccc2ccc(Cc3cccc(Cl)c3F)cn2c1=O. The number of hydrogen-bond acceptors (Lipinski definition) is 5. The molecule has 48 heavy (non-hydrogen) atoms. The Balaban J connectivity index is 0.000000188. The van der Waals surface area contributed by atoms with Crippen molar-refractivity contribution < 1.29 is 28.2 Å².